The molecule has 0 radical (unpaired) electrons. The maximum absolute atomic E-state index is 4.61. The van der Waals surface area contributed by atoms with Crippen LogP contribution >= 0.6 is 0 Å². The van der Waals surface area contributed by atoms with Crippen LogP contribution in [0.4, 0.5) is 0 Å². The number of fused-ring (bicyclic) bond motifs is 2. The Balaban J connectivity index is 2.03. The first kappa shape index (κ1) is 6.70. The van der Waals surface area contributed by atoms with Crippen molar-refractivity contribution in [3.05, 3.63) is 11.4 Å². The third kappa shape index (κ3) is 0.780. The van der Waals surface area contributed by atoms with E-state index in [0.717, 1.165) is 18.4 Å². The van der Waals surface area contributed by atoms with Crippen LogP contribution < -0.4 is 5.32 Å². The molecule has 1 saturated carbocycles. The molecule has 0 spiro atoms. The molecule has 0 bridgehead atoms. The Morgan fingerprint density at radius 3 is 3.25 bits per heavy atom. The van der Waals surface area contributed by atoms with Crippen molar-refractivity contribution in [2.75, 3.05) is 6.54 Å². The van der Waals surface area contributed by atoms with Gasteiger partial charge in [-0.05, 0) is 37.7 Å². The molecule has 0 aromatic carbocycles. The summed E-state index contributed by atoms with van der Waals surface area (Å²) in [6.07, 6.45) is 3.97. The summed E-state index contributed by atoms with van der Waals surface area (Å²) in [5.41, 5.74) is 2.98. The maximum atomic E-state index is 4.61. The van der Waals surface area contributed by atoms with E-state index in [2.05, 4.69) is 17.2 Å². The quantitative estimate of drug-likeness (QED) is 0.576. The van der Waals surface area contributed by atoms with Gasteiger partial charge in [0.1, 0.15) is 5.82 Å². The number of nitrogens with one attached hydrogen (secondary N) is 1. The molecule has 3 aliphatic rings. The van der Waals surface area contributed by atoms with Gasteiger partial charge in [0, 0.05) is 18.2 Å². The van der Waals surface area contributed by atoms with E-state index in [4.69, 9.17) is 0 Å². The first-order valence-electron chi connectivity index (χ1n) is 4.88. The molecule has 2 heteroatoms. The largest absolute Gasteiger partial charge is 0.370 e. The van der Waals surface area contributed by atoms with Gasteiger partial charge in [-0.25, -0.2) is 4.99 Å². The van der Waals surface area contributed by atoms with Crippen molar-refractivity contribution in [3.63, 3.8) is 0 Å². The predicted octanol–water partition coefficient (Wildman–Crippen LogP) is 1.69. The van der Waals surface area contributed by atoms with Crippen LogP contribution in [0.15, 0.2) is 16.4 Å². The highest BCUT2D eigenvalue weighted by molar-refractivity contribution is 5.89. The Morgan fingerprint density at radius 1 is 1.42 bits per heavy atom. The van der Waals surface area contributed by atoms with Gasteiger partial charge in [0.2, 0.25) is 0 Å². The second-order valence-corrected chi connectivity index (χ2v) is 4.11. The van der Waals surface area contributed by atoms with Crippen LogP contribution in [0.2, 0.25) is 0 Å². The first-order valence-corrected chi connectivity index (χ1v) is 4.88. The number of nitrogens with zero attached hydrogens (tertiary/aromatic N) is 1. The first-order chi connectivity index (χ1) is 5.86. The summed E-state index contributed by atoms with van der Waals surface area (Å²) >= 11 is 0. The lowest BCUT2D eigenvalue weighted by atomic mass is 9.98. The summed E-state index contributed by atoms with van der Waals surface area (Å²) in [5, 5.41) is 3.40. The Kier molecular flexibility index (Phi) is 1.18. The molecule has 2 nitrogen and oxygen atoms in total. The minimum atomic E-state index is 0.823. The van der Waals surface area contributed by atoms with Gasteiger partial charge < -0.3 is 5.32 Å². The van der Waals surface area contributed by atoms with Gasteiger partial charge >= 0.3 is 0 Å². The van der Waals surface area contributed by atoms with Crippen molar-refractivity contribution in [1.29, 1.82) is 0 Å². The number of allylic oxidation sites excluding steroid dienone is 1. The van der Waals surface area contributed by atoms with Gasteiger partial charge in [-0.2, -0.15) is 0 Å². The van der Waals surface area contributed by atoms with E-state index in [1.807, 2.05) is 0 Å². The van der Waals surface area contributed by atoms with Crippen molar-refractivity contribution < 1.29 is 0 Å². The van der Waals surface area contributed by atoms with Crippen LogP contribution in [-0.4, -0.2) is 12.3 Å². The summed E-state index contributed by atoms with van der Waals surface area (Å²) in [5.74, 6) is 2.92. The number of aliphatic imine (C=N–C) groups is 1. The molecule has 2 atom stereocenters. The minimum absolute atomic E-state index is 0.823. The van der Waals surface area contributed by atoms with Crippen molar-refractivity contribution >= 4 is 5.71 Å². The fourth-order valence-electron chi connectivity index (χ4n) is 2.49. The highest BCUT2D eigenvalue weighted by atomic mass is 15.1. The standard InChI is InChI=1S/C10H14N2/c1-6-8-5-9(8)7-3-2-4-11-10(7)12-6/h8-9,11H,2-5H2,1H3. The number of rotatable bonds is 0. The zero-order valence-electron chi connectivity index (χ0n) is 7.43. The Labute approximate surface area is 72.8 Å². The Bertz CT molecular complexity index is 288. The molecule has 1 aliphatic carbocycles. The zero-order valence-corrected chi connectivity index (χ0v) is 7.43. The van der Waals surface area contributed by atoms with Crippen LogP contribution in [0.5, 0.6) is 0 Å². The smallest absolute Gasteiger partial charge is 0.125 e. The summed E-state index contributed by atoms with van der Waals surface area (Å²) in [4.78, 5) is 4.61. The lowest BCUT2D eigenvalue weighted by Crippen LogP contribution is -2.25. The second kappa shape index (κ2) is 2.12. The number of hydrogen-bond donors (Lipinski definition) is 1. The zero-order chi connectivity index (χ0) is 8.13. The van der Waals surface area contributed by atoms with E-state index >= 15 is 0 Å². The average Bonchev–Trinajstić information content (AvgIpc) is 2.84. The maximum Gasteiger partial charge on any atom is 0.125 e. The fourth-order valence-corrected chi connectivity index (χ4v) is 2.49. The Morgan fingerprint density at radius 2 is 2.33 bits per heavy atom. The summed E-state index contributed by atoms with van der Waals surface area (Å²) in [6.45, 7) is 3.29. The topological polar surface area (TPSA) is 24.4 Å². The Hall–Kier alpha value is -0.790. The average molecular weight is 162 g/mol. The molecule has 2 unspecified atom stereocenters. The highest BCUT2D eigenvalue weighted by Crippen LogP contribution is 2.50. The third-order valence-corrected chi connectivity index (χ3v) is 3.28. The second-order valence-electron chi connectivity index (χ2n) is 4.11. The molecule has 1 N–H and O–H groups in total. The van der Waals surface area contributed by atoms with Crippen LogP contribution in [0.3, 0.4) is 0 Å². The molecule has 0 aromatic heterocycles. The lowest BCUT2D eigenvalue weighted by molar-refractivity contribution is 0.613. The summed E-state index contributed by atoms with van der Waals surface area (Å²) in [6, 6.07) is 0. The molecule has 12 heavy (non-hydrogen) atoms. The molecule has 2 aliphatic heterocycles. The van der Waals surface area contributed by atoms with Crippen LogP contribution in [-0.2, 0) is 0 Å². The number of hydrogen-bond acceptors (Lipinski definition) is 2. The van der Waals surface area contributed by atoms with Gasteiger partial charge in [0.15, 0.2) is 0 Å². The van der Waals surface area contributed by atoms with Gasteiger partial charge in [-0.1, -0.05) is 0 Å². The monoisotopic (exact) mass is 162 g/mol. The molecule has 0 aromatic rings. The van der Waals surface area contributed by atoms with Crippen molar-refractivity contribution in [3.8, 4) is 0 Å². The van der Waals surface area contributed by atoms with Gasteiger partial charge in [0.25, 0.3) is 0 Å². The molecular formula is C10H14N2. The van der Waals surface area contributed by atoms with Crippen molar-refractivity contribution in [2.24, 2.45) is 16.8 Å². The third-order valence-electron chi connectivity index (χ3n) is 3.28. The minimum Gasteiger partial charge on any atom is -0.370 e. The molecule has 1 fully saturated rings. The van der Waals surface area contributed by atoms with E-state index in [0.29, 0.717) is 0 Å². The highest BCUT2D eigenvalue weighted by Gasteiger charge is 2.45. The molecule has 3 rings (SSSR count). The molecule has 0 saturated heterocycles. The van der Waals surface area contributed by atoms with E-state index < -0.39 is 0 Å². The van der Waals surface area contributed by atoms with Gasteiger partial charge in [-0.15, -0.1) is 0 Å². The normalized spacial score (nSPS) is 37.9. The van der Waals surface area contributed by atoms with E-state index in [1.165, 1.54) is 30.8 Å². The van der Waals surface area contributed by atoms with Gasteiger partial charge in [0.05, 0.1) is 0 Å². The predicted molar refractivity (Wildman–Crippen MR) is 49.0 cm³/mol. The van der Waals surface area contributed by atoms with Crippen LogP contribution in [0.1, 0.15) is 26.2 Å². The molecular weight excluding hydrogens is 148 g/mol. The van der Waals surface area contributed by atoms with E-state index in [-0.39, 0.29) is 0 Å². The molecule has 64 valence electrons. The fraction of sp³-hybridized carbons (Fsp3) is 0.700. The summed E-state index contributed by atoms with van der Waals surface area (Å²) < 4.78 is 0. The van der Waals surface area contributed by atoms with E-state index in [9.17, 15) is 0 Å². The van der Waals surface area contributed by atoms with Gasteiger partial charge in [-0.3, -0.25) is 0 Å². The van der Waals surface area contributed by atoms with Crippen molar-refractivity contribution in [1.82, 2.24) is 5.32 Å². The lowest BCUT2D eigenvalue weighted by Gasteiger charge is -2.22. The SMILES string of the molecule is CC1=NC2=C(CCCN2)C2CC12. The van der Waals surface area contributed by atoms with Crippen LogP contribution in [0.25, 0.3) is 0 Å². The molecule has 0 amide bonds. The van der Waals surface area contributed by atoms with Crippen molar-refractivity contribution in [2.45, 2.75) is 26.2 Å². The van der Waals surface area contributed by atoms with Crippen LogP contribution in [0, 0.1) is 11.8 Å². The van der Waals surface area contributed by atoms with E-state index in [1.54, 1.807) is 5.57 Å². The molecule has 2 heterocycles. The summed E-state index contributed by atoms with van der Waals surface area (Å²) in [7, 11) is 0.